The number of rotatable bonds is 8. The molecule has 0 bridgehead atoms. The molecule has 2 N–H and O–H groups in total. The summed E-state index contributed by atoms with van der Waals surface area (Å²) in [7, 11) is 0. The van der Waals surface area contributed by atoms with Gasteiger partial charge >= 0.3 is 0 Å². The van der Waals surface area contributed by atoms with Crippen molar-refractivity contribution in [3.8, 4) is 10.6 Å². The Hall–Kier alpha value is -2.84. The van der Waals surface area contributed by atoms with Crippen molar-refractivity contribution in [1.29, 1.82) is 0 Å². The molecule has 162 valence electrons. The summed E-state index contributed by atoms with van der Waals surface area (Å²) in [6.45, 7) is 3.43. The van der Waals surface area contributed by atoms with Crippen LogP contribution in [0.1, 0.15) is 19.4 Å². The highest BCUT2D eigenvalue weighted by molar-refractivity contribution is 7.18. The lowest BCUT2D eigenvalue weighted by molar-refractivity contribution is -0.131. The van der Waals surface area contributed by atoms with Crippen molar-refractivity contribution >= 4 is 39.9 Å². The van der Waals surface area contributed by atoms with Gasteiger partial charge in [0, 0.05) is 17.9 Å². The van der Waals surface area contributed by atoms with Crippen LogP contribution in [0.5, 0.6) is 0 Å². The van der Waals surface area contributed by atoms with E-state index in [4.69, 9.17) is 11.6 Å². The maximum absolute atomic E-state index is 13.1. The summed E-state index contributed by atoms with van der Waals surface area (Å²) < 4.78 is 13.1. The van der Waals surface area contributed by atoms with Crippen LogP contribution < -0.4 is 10.6 Å². The number of hydrogen-bond donors (Lipinski definition) is 2. The first-order valence-corrected chi connectivity index (χ1v) is 10.9. The van der Waals surface area contributed by atoms with Crippen molar-refractivity contribution < 1.29 is 14.0 Å². The monoisotopic (exact) mass is 460 g/mol. The molecule has 0 fully saturated rings. The molecule has 0 radical (unpaired) electrons. The smallest absolute Gasteiger partial charge is 0.249 e. The second kappa shape index (κ2) is 9.98. The molecule has 31 heavy (non-hydrogen) atoms. The van der Waals surface area contributed by atoms with Crippen molar-refractivity contribution in [3.05, 3.63) is 66.0 Å². The second-order valence-corrected chi connectivity index (χ2v) is 8.89. The van der Waals surface area contributed by atoms with E-state index in [1.54, 1.807) is 26.0 Å². The molecule has 0 aliphatic rings. The third-order valence-electron chi connectivity index (χ3n) is 4.60. The Labute approximate surface area is 188 Å². The zero-order valence-corrected chi connectivity index (χ0v) is 18.6. The summed E-state index contributed by atoms with van der Waals surface area (Å²) >= 11 is 7.07. The lowest BCUT2D eigenvalue weighted by atomic mass is 9.94. The first-order chi connectivity index (χ1) is 14.8. The van der Waals surface area contributed by atoms with Gasteiger partial charge in [0.1, 0.15) is 16.9 Å². The number of hydrogen-bond acceptors (Lipinski definition) is 5. The quantitative estimate of drug-likeness (QED) is 0.491. The Morgan fingerprint density at radius 3 is 2.42 bits per heavy atom. The molecule has 0 aliphatic carbocycles. The molecular formula is C22H22ClFN4O2S. The van der Waals surface area contributed by atoms with Gasteiger partial charge in [-0.15, -0.1) is 21.8 Å². The summed E-state index contributed by atoms with van der Waals surface area (Å²) in [5.74, 6) is -0.955. The van der Waals surface area contributed by atoms with E-state index < -0.39 is 17.4 Å². The minimum Gasteiger partial charge on any atom is -0.343 e. The van der Waals surface area contributed by atoms with E-state index in [1.807, 2.05) is 30.3 Å². The average molecular weight is 461 g/mol. The van der Waals surface area contributed by atoms with Gasteiger partial charge in [-0.2, -0.15) is 0 Å². The van der Waals surface area contributed by atoms with Crippen molar-refractivity contribution in [3.63, 3.8) is 0 Å². The SMILES string of the molecule is CC(C)(CCl)C(=O)N[C@H](Cc1ccccc1)C(=O)Nc1nnc(-c2ccc(F)cc2)s1. The van der Waals surface area contributed by atoms with Crippen LogP contribution in [0.15, 0.2) is 54.6 Å². The summed E-state index contributed by atoms with van der Waals surface area (Å²) in [5, 5.41) is 14.4. The molecule has 9 heteroatoms. The molecule has 2 aromatic carbocycles. The Morgan fingerprint density at radius 2 is 1.77 bits per heavy atom. The zero-order valence-electron chi connectivity index (χ0n) is 17.1. The standard InChI is InChI=1S/C22H22ClFN4O2S/c1-22(2,13-23)20(30)25-17(12-14-6-4-3-5-7-14)18(29)26-21-28-27-19(31-21)15-8-10-16(24)11-9-15/h3-11,17H,12-13H2,1-2H3,(H,25,30)(H,26,28,29)/t17-/m1/s1. The van der Waals surface area contributed by atoms with E-state index >= 15 is 0 Å². The normalized spacial score (nSPS) is 12.3. The van der Waals surface area contributed by atoms with E-state index in [0.717, 1.165) is 16.9 Å². The molecule has 3 aromatic rings. The second-order valence-electron chi connectivity index (χ2n) is 7.64. The van der Waals surface area contributed by atoms with Crippen molar-refractivity contribution in [2.45, 2.75) is 26.3 Å². The van der Waals surface area contributed by atoms with Crippen molar-refractivity contribution in [2.75, 3.05) is 11.2 Å². The van der Waals surface area contributed by atoms with Crippen LogP contribution in [0, 0.1) is 11.2 Å². The number of amides is 2. The highest BCUT2D eigenvalue weighted by atomic mass is 35.5. The molecule has 1 aromatic heterocycles. The minimum atomic E-state index is -0.824. The molecule has 0 unspecified atom stereocenters. The maximum atomic E-state index is 13.1. The molecule has 0 saturated carbocycles. The number of aromatic nitrogens is 2. The Morgan fingerprint density at radius 1 is 1.10 bits per heavy atom. The number of nitrogens with one attached hydrogen (secondary N) is 2. The Kier molecular flexibility index (Phi) is 7.35. The first kappa shape index (κ1) is 22.8. The number of benzene rings is 2. The number of carbonyl (C=O) groups excluding carboxylic acids is 2. The zero-order chi connectivity index (χ0) is 22.4. The molecule has 1 heterocycles. The third-order valence-corrected chi connectivity index (χ3v) is 6.16. The summed E-state index contributed by atoms with van der Waals surface area (Å²) in [5.41, 5.74) is 0.767. The lowest BCUT2D eigenvalue weighted by Gasteiger charge is -2.25. The van der Waals surface area contributed by atoms with Gasteiger partial charge in [0.2, 0.25) is 16.9 Å². The molecule has 0 spiro atoms. The molecule has 1 atom stereocenters. The molecule has 0 saturated heterocycles. The molecule has 3 rings (SSSR count). The fourth-order valence-corrected chi connectivity index (χ4v) is 3.52. The Balaban J connectivity index is 1.76. The average Bonchev–Trinajstić information content (AvgIpc) is 3.22. The fraction of sp³-hybridized carbons (Fsp3) is 0.273. The van der Waals surface area contributed by atoms with Gasteiger partial charge in [0.15, 0.2) is 0 Å². The molecule has 0 aliphatic heterocycles. The van der Waals surface area contributed by atoms with E-state index in [-0.39, 0.29) is 22.7 Å². The van der Waals surface area contributed by atoms with Crippen LogP contribution in [0.3, 0.4) is 0 Å². The van der Waals surface area contributed by atoms with E-state index in [1.165, 1.54) is 12.1 Å². The third kappa shape index (κ3) is 6.08. The van der Waals surface area contributed by atoms with Gasteiger partial charge in [-0.25, -0.2) is 4.39 Å². The largest absolute Gasteiger partial charge is 0.343 e. The van der Waals surface area contributed by atoms with E-state index in [9.17, 15) is 14.0 Å². The highest BCUT2D eigenvalue weighted by Gasteiger charge is 2.31. The van der Waals surface area contributed by atoms with Gasteiger partial charge in [-0.1, -0.05) is 41.7 Å². The van der Waals surface area contributed by atoms with Crippen LogP contribution in [-0.4, -0.2) is 33.9 Å². The summed E-state index contributed by atoms with van der Waals surface area (Å²) in [6, 6.07) is 14.4. The predicted molar refractivity (Wildman–Crippen MR) is 121 cm³/mol. The fourth-order valence-electron chi connectivity index (χ4n) is 2.65. The number of halogens is 2. The summed E-state index contributed by atoms with van der Waals surface area (Å²) in [6.07, 6.45) is 0.306. The minimum absolute atomic E-state index is 0.121. The Bertz CT molecular complexity index is 1040. The van der Waals surface area contributed by atoms with Crippen LogP contribution in [0.2, 0.25) is 0 Å². The van der Waals surface area contributed by atoms with E-state index in [0.29, 0.717) is 17.0 Å². The van der Waals surface area contributed by atoms with Crippen molar-refractivity contribution in [1.82, 2.24) is 15.5 Å². The number of nitrogens with zero attached hydrogens (tertiary/aromatic N) is 2. The van der Waals surface area contributed by atoms with Crippen molar-refractivity contribution in [2.24, 2.45) is 5.41 Å². The van der Waals surface area contributed by atoms with Gasteiger partial charge in [-0.05, 0) is 43.7 Å². The number of carbonyl (C=O) groups is 2. The predicted octanol–water partition coefficient (Wildman–Crippen LogP) is 4.28. The van der Waals surface area contributed by atoms with Gasteiger partial charge in [0.05, 0.1) is 5.41 Å². The first-order valence-electron chi connectivity index (χ1n) is 9.59. The number of alkyl halides is 1. The van der Waals surface area contributed by atoms with Crippen LogP contribution in [0.25, 0.3) is 10.6 Å². The maximum Gasteiger partial charge on any atom is 0.249 e. The van der Waals surface area contributed by atoms with Gasteiger partial charge in [-0.3, -0.25) is 14.9 Å². The summed E-state index contributed by atoms with van der Waals surface area (Å²) in [4.78, 5) is 25.6. The topological polar surface area (TPSA) is 84.0 Å². The molecule has 2 amide bonds. The van der Waals surface area contributed by atoms with Gasteiger partial charge < -0.3 is 5.32 Å². The van der Waals surface area contributed by atoms with Crippen LogP contribution in [-0.2, 0) is 16.0 Å². The van der Waals surface area contributed by atoms with Crippen LogP contribution >= 0.6 is 22.9 Å². The van der Waals surface area contributed by atoms with E-state index in [2.05, 4.69) is 20.8 Å². The number of anilines is 1. The lowest BCUT2D eigenvalue weighted by Crippen LogP contribution is -2.50. The van der Waals surface area contributed by atoms with Gasteiger partial charge in [0.25, 0.3) is 0 Å². The molecule has 6 nitrogen and oxygen atoms in total. The molecular weight excluding hydrogens is 439 g/mol. The van der Waals surface area contributed by atoms with Crippen LogP contribution in [0.4, 0.5) is 9.52 Å². The highest BCUT2D eigenvalue weighted by Crippen LogP contribution is 2.26.